The first kappa shape index (κ1) is 16.4. The Balaban J connectivity index is 2.32. The molecule has 2 aromatic rings. The van der Waals surface area contributed by atoms with Gasteiger partial charge in [0.15, 0.2) is 5.78 Å². The number of aromatic nitrogens is 1. The van der Waals surface area contributed by atoms with Gasteiger partial charge in [-0.1, -0.05) is 6.08 Å². The molecule has 1 N–H and O–H groups in total. The summed E-state index contributed by atoms with van der Waals surface area (Å²) in [7, 11) is 1.28. The number of ketones is 1. The number of methoxy groups -OCH3 is 1. The summed E-state index contributed by atoms with van der Waals surface area (Å²) in [5, 5.41) is -0.0481. The van der Waals surface area contributed by atoms with Gasteiger partial charge in [0.1, 0.15) is 11.6 Å². The van der Waals surface area contributed by atoms with Gasteiger partial charge in [-0.25, -0.2) is 8.78 Å². The van der Waals surface area contributed by atoms with Crippen molar-refractivity contribution in [2.45, 2.75) is 31.1 Å². The lowest BCUT2D eigenvalue weighted by Crippen LogP contribution is -2.35. The van der Waals surface area contributed by atoms with Gasteiger partial charge < -0.3 is 9.72 Å². The Hall–Kier alpha value is -2.50. The average Bonchev–Trinajstić information content (AvgIpc) is 2.98. The van der Waals surface area contributed by atoms with Crippen LogP contribution in [0.25, 0.3) is 10.9 Å². The summed E-state index contributed by atoms with van der Waals surface area (Å²) in [5.74, 6) is -2.01. The summed E-state index contributed by atoms with van der Waals surface area (Å²) in [6, 6.07) is 2.02. The minimum atomic E-state index is -0.782. The highest BCUT2D eigenvalue weighted by molar-refractivity contribution is 6.11. The maximum Gasteiger partial charge on any atom is 0.306 e. The predicted octanol–water partition coefficient (Wildman–Crippen LogP) is 3.80. The zero-order valence-electron chi connectivity index (χ0n) is 13.2. The molecule has 1 heterocycles. The van der Waals surface area contributed by atoms with Crippen LogP contribution in [0, 0.1) is 11.6 Å². The van der Waals surface area contributed by atoms with Crippen LogP contribution < -0.4 is 0 Å². The normalized spacial score (nSPS) is 20.0. The third-order valence-corrected chi connectivity index (χ3v) is 4.74. The van der Waals surface area contributed by atoms with Gasteiger partial charge in [0.2, 0.25) is 0 Å². The highest BCUT2D eigenvalue weighted by Gasteiger charge is 2.43. The molecule has 0 amide bonds. The summed E-state index contributed by atoms with van der Waals surface area (Å²) in [6.45, 7) is 3.71. The molecule has 0 saturated heterocycles. The fraction of sp³-hybridized carbons (Fsp3) is 0.333. The minimum absolute atomic E-state index is 0.00581. The first-order valence-corrected chi connectivity index (χ1v) is 7.64. The van der Waals surface area contributed by atoms with Gasteiger partial charge in [-0.3, -0.25) is 9.59 Å². The Labute approximate surface area is 137 Å². The summed E-state index contributed by atoms with van der Waals surface area (Å²) in [4.78, 5) is 27.2. The van der Waals surface area contributed by atoms with E-state index in [0.717, 1.165) is 12.1 Å². The zero-order chi connectivity index (χ0) is 17.5. The number of hydrogen-bond donors (Lipinski definition) is 1. The highest BCUT2D eigenvalue weighted by atomic mass is 19.1. The van der Waals surface area contributed by atoms with Crippen molar-refractivity contribution >= 4 is 22.7 Å². The van der Waals surface area contributed by atoms with Crippen LogP contribution >= 0.6 is 0 Å². The molecule has 0 spiro atoms. The predicted molar refractivity (Wildman–Crippen MR) is 84.9 cm³/mol. The second-order valence-electron chi connectivity index (χ2n) is 6.10. The summed E-state index contributed by atoms with van der Waals surface area (Å²) >= 11 is 0. The van der Waals surface area contributed by atoms with Gasteiger partial charge in [0, 0.05) is 28.5 Å². The summed E-state index contributed by atoms with van der Waals surface area (Å²) < 4.78 is 33.2. The van der Waals surface area contributed by atoms with Crippen LogP contribution in [0.1, 0.15) is 41.7 Å². The minimum Gasteiger partial charge on any atom is -0.469 e. The smallest absolute Gasteiger partial charge is 0.306 e. The maximum absolute atomic E-state index is 14.3. The molecule has 0 aliphatic heterocycles. The molecule has 126 valence electrons. The van der Waals surface area contributed by atoms with Crippen molar-refractivity contribution in [3.8, 4) is 0 Å². The lowest BCUT2D eigenvalue weighted by molar-refractivity contribution is -0.142. The van der Waals surface area contributed by atoms with Gasteiger partial charge in [-0.2, -0.15) is 0 Å². The number of allylic oxidation sites excluding steroid dienone is 1. The molecule has 4 nitrogen and oxygen atoms in total. The van der Waals surface area contributed by atoms with E-state index in [9.17, 15) is 18.4 Å². The number of rotatable bonds is 4. The lowest BCUT2D eigenvalue weighted by atomic mass is 9.68. The second kappa shape index (κ2) is 5.85. The van der Waals surface area contributed by atoms with Crippen LogP contribution in [-0.2, 0) is 14.9 Å². The molecule has 1 atom stereocenters. The van der Waals surface area contributed by atoms with E-state index >= 15 is 0 Å². The quantitative estimate of drug-likeness (QED) is 0.684. The molecule has 0 fully saturated rings. The van der Waals surface area contributed by atoms with Crippen molar-refractivity contribution in [1.29, 1.82) is 0 Å². The van der Waals surface area contributed by atoms with Crippen molar-refractivity contribution < 1.29 is 23.1 Å². The number of Topliss-reactive ketones (excluding diaryl/α,β-unsaturated/α-hetero) is 1. The number of H-pyrrole nitrogens is 1. The van der Waals surface area contributed by atoms with Crippen LogP contribution in [0.2, 0.25) is 0 Å². The maximum atomic E-state index is 14.3. The molecule has 3 rings (SSSR count). The molecule has 24 heavy (non-hydrogen) atoms. The Morgan fingerprint density at radius 2 is 2.12 bits per heavy atom. The fourth-order valence-corrected chi connectivity index (χ4v) is 3.59. The number of nitrogens with one attached hydrogen (secondary N) is 1. The van der Waals surface area contributed by atoms with E-state index in [1.54, 1.807) is 6.08 Å². The van der Waals surface area contributed by atoms with Crippen molar-refractivity contribution in [3.63, 3.8) is 0 Å². The van der Waals surface area contributed by atoms with E-state index in [4.69, 9.17) is 4.74 Å². The van der Waals surface area contributed by atoms with E-state index in [2.05, 4.69) is 11.6 Å². The standard InChI is InChI=1S/C18H17F2NO3/c1-3-7-18(9-13(23)24-2)8-6-12(22)15-14-10(19)4-5-11(20)16(14)21-17(15)18/h3-5,21H,1,6-9H2,2H3. The van der Waals surface area contributed by atoms with Crippen molar-refractivity contribution in [2.24, 2.45) is 0 Å². The lowest BCUT2D eigenvalue weighted by Gasteiger charge is -2.35. The van der Waals surface area contributed by atoms with E-state index in [1.807, 2.05) is 0 Å². The molecule has 0 radical (unpaired) electrons. The molecule has 1 aliphatic carbocycles. The van der Waals surface area contributed by atoms with Gasteiger partial charge in [-0.15, -0.1) is 6.58 Å². The van der Waals surface area contributed by atoms with Gasteiger partial charge in [-0.05, 0) is 25.0 Å². The van der Waals surface area contributed by atoms with Crippen molar-refractivity contribution in [1.82, 2.24) is 4.98 Å². The molecule has 6 heteroatoms. The first-order valence-electron chi connectivity index (χ1n) is 7.64. The average molecular weight is 333 g/mol. The SMILES string of the molecule is C=CCC1(CC(=O)OC)CCC(=O)c2c1[nH]c1c(F)ccc(F)c21. The van der Waals surface area contributed by atoms with Gasteiger partial charge in [0.25, 0.3) is 0 Å². The monoisotopic (exact) mass is 333 g/mol. The van der Waals surface area contributed by atoms with E-state index < -0.39 is 23.0 Å². The second-order valence-corrected chi connectivity index (χ2v) is 6.10. The molecule has 1 aromatic carbocycles. The number of fused-ring (bicyclic) bond motifs is 3. The van der Waals surface area contributed by atoms with Crippen LogP contribution in [0.3, 0.4) is 0 Å². The molecule has 1 unspecified atom stereocenters. The summed E-state index contributed by atoms with van der Waals surface area (Å²) in [5.41, 5.74) is -0.300. The number of carbonyl (C=O) groups excluding carboxylic acids is 2. The number of halogens is 2. The van der Waals surface area contributed by atoms with Crippen molar-refractivity contribution in [2.75, 3.05) is 7.11 Å². The Morgan fingerprint density at radius 3 is 2.79 bits per heavy atom. The number of esters is 1. The van der Waals surface area contributed by atoms with E-state index in [0.29, 0.717) is 18.5 Å². The van der Waals surface area contributed by atoms with E-state index in [-0.39, 0.29) is 35.1 Å². The Bertz CT molecular complexity index is 856. The Kier molecular flexibility index (Phi) is 3.99. The number of benzene rings is 1. The first-order chi connectivity index (χ1) is 11.4. The zero-order valence-corrected chi connectivity index (χ0v) is 13.2. The molecular weight excluding hydrogens is 316 g/mol. The Morgan fingerprint density at radius 1 is 1.42 bits per heavy atom. The van der Waals surface area contributed by atoms with E-state index in [1.165, 1.54) is 7.11 Å². The van der Waals surface area contributed by atoms with Gasteiger partial charge >= 0.3 is 5.97 Å². The number of aromatic amines is 1. The molecule has 1 aliphatic rings. The van der Waals surface area contributed by atoms with Crippen LogP contribution in [0.15, 0.2) is 24.8 Å². The molecule has 0 saturated carbocycles. The molecular formula is C18H17F2NO3. The molecule has 0 bridgehead atoms. The fourth-order valence-electron chi connectivity index (χ4n) is 3.59. The largest absolute Gasteiger partial charge is 0.469 e. The topological polar surface area (TPSA) is 59.2 Å². The number of ether oxygens (including phenoxy) is 1. The number of hydrogen-bond acceptors (Lipinski definition) is 3. The molecule has 1 aromatic heterocycles. The third kappa shape index (κ3) is 2.33. The van der Waals surface area contributed by atoms with Crippen LogP contribution in [0.5, 0.6) is 0 Å². The highest BCUT2D eigenvalue weighted by Crippen LogP contribution is 2.46. The van der Waals surface area contributed by atoms with Crippen molar-refractivity contribution in [3.05, 3.63) is 47.7 Å². The third-order valence-electron chi connectivity index (χ3n) is 4.74. The van der Waals surface area contributed by atoms with Crippen LogP contribution in [-0.4, -0.2) is 23.8 Å². The van der Waals surface area contributed by atoms with Crippen LogP contribution in [0.4, 0.5) is 8.78 Å². The number of carbonyl (C=O) groups is 2. The van der Waals surface area contributed by atoms with Gasteiger partial charge in [0.05, 0.1) is 19.0 Å². The summed E-state index contributed by atoms with van der Waals surface area (Å²) in [6.07, 6.45) is 2.57.